The van der Waals surface area contributed by atoms with E-state index in [4.69, 9.17) is 5.14 Å². The number of primary sulfonamides is 1. The van der Waals surface area contributed by atoms with Gasteiger partial charge in [-0.15, -0.1) is 0 Å². The summed E-state index contributed by atoms with van der Waals surface area (Å²) >= 11 is 0. The topological polar surface area (TPSA) is 212 Å². The molecule has 0 fully saturated rings. The van der Waals surface area contributed by atoms with Gasteiger partial charge in [-0.1, -0.05) is 50.2 Å². The Balaban J connectivity index is 1.80. The molecule has 0 aliphatic carbocycles. The maximum atomic E-state index is 13.4. The van der Waals surface area contributed by atoms with Crippen molar-refractivity contribution in [2.45, 2.75) is 18.7 Å². The number of hydrogen-bond donors (Lipinski definition) is 4. The highest BCUT2D eigenvalue weighted by atomic mass is 32.2. The molecule has 15 heteroatoms. The summed E-state index contributed by atoms with van der Waals surface area (Å²) in [6.07, 6.45) is 0. The van der Waals surface area contributed by atoms with Crippen LogP contribution in [0.3, 0.4) is 0 Å². The first-order valence-electron chi connectivity index (χ1n) is 13.2. The zero-order chi connectivity index (χ0) is 32.9. The highest BCUT2D eigenvalue weighted by Crippen LogP contribution is 2.31. The molecule has 0 bridgehead atoms. The van der Waals surface area contributed by atoms with Crippen LogP contribution in [0.2, 0.25) is 0 Å². The second-order valence-electron chi connectivity index (χ2n) is 9.81. The van der Waals surface area contributed by atoms with Crippen molar-refractivity contribution in [1.29, 1.82) is 0 Å². The number of hydrazone groups is 1. The Labute approximate surface area is 257 Å². The maximum Gasteiger partial charge on any atom is 0.362 e. The SMILES string of the molecule is COC(=O)/C(=N/Nc1cccc(-n2nc(C(=O)Nc3ccc(S(N)(=O)=O)cc3)c(C(=O)O)c2-c2ccccc2)c1)C(=O)C(C)C. The van der Waals surface area contributed by atoms with Gasteiger partial charge in [-0.3, -0.25) is 15.0 Å². The van der Waals surface area contributed by atoms with E-state index in [9.17, 15) is 32.7 Å². The number of rotatable bonds is 11. The summed E-state index contributed by atoms with van der Waals surface area (Å²) in [6.45, 7) is 3.22. The third-order valence-electron chi connectivity index (χ3n) is 6.33. The number of sulfonamides is 1. The summed E-state index contributed by atoms with van der Waals surface area (Å²) < 4.78 is 29.1. The first kappa shape index (κ1) is 32.2. The Morgan fingerprint density at radius 3 is 2.20 bits per heavy atom. The van der Waals surface area contributed by atoms with E-state index in [1.165, 1.54) is 35.0 Å². The van der Waals surface area contributed by atoms with Crippen LogP contribution in [-0.2, 0) is 24.3 Å². The Morgan fingerprint density at radius 2 is 1.62 bits per heavy atom. The number of nitrogens with one attached hydrogen (secondary N) is 2. The minimum Gasteiger partial charge on any atom is -0.478 e. The number of esters is 1. The van der Waals surface area contributed by atoms with Crippen molar-refractivity contribution in [3.05, 3.63) is 90.1 Å². The molecule has 0 radical (unpaired) electrons. The first-order valence-corrected chi connectivity index (χ1v) is 14.8. The molecule has 0 unspecified atom stereocenters. The average molecular weight is 633 g/mol. The molecule has 0 saturated carbocycles. The molecule has 0 spiro atoms. The Hall–Kier alpha value is -5.67. The van der Waals surface area contributed by atoms with Crippen LogP contribution in [0.25, 0.3) is 16.9 Å². The number of hydrogen-bond acceptors (Lipinski definition) is 10. The number of nitrogens with zero attached hydrogens (tertiary/aromatic N) is 3. The van der Waals surface area contributed by atoms with E-state index in [-0.39, 0.29) is 16.3 Å². The van der Waals surface area contributed by atoms with Crippen LogP contribution >= 0.6 is 0 Å². The van der Waals surface area contributed by atoms with E-state index < -0.39 is 56.5 Å². The Kier molecular flexibility index (Phi) is 9.54. The summed E-state index contributed by atoms with van der Waals surface area (Å²) in [5.74, 6) is -4.29. The average Bonchev–Trinajstić information content (AvgIpc) is 3.43. The monoisotopic (exact) mass is 632 g/mol. The minimum atomic E-state index is -3.97. The predicted octanol–water partition coefficient (Wildman–Crippen LogP) is 3.30. The first-order chi connectivity index (χ1) is 21.3. The van der Waals surface area contributed by atoms with E-state index in [0.29, 0.717) is 16.9 Å². The number of aromatic nitrogens is 2. The molecule has 1 amide bonds. The van der Waals surface area contributed by atoms with E-state index >= 15 is 0 Å². The zero-order valence-corrected chi connectivity index (χ0v) is 25.0. The molecule has 4 rings (SSSR count). The molecular weight excluding hydrogens is 604 g/mol. The number of amides is 1. The molecule has 45 heavy (non-hydrogen) atoms. The number of carboxylic acids is 1. The van der Waals surface area contributed by atoms with Gasteiger partial charge in [0.1, 0.15) is 5.56 Å². The zero-order valence-electron chi connectivity index (χ0n) is 24.2. The summed E-state index contributed by atoms with van der Waals surface area (Å²) in [5, 5.41) is 26.3. The number of carbonyl (C=O) groups is 4. The van der Waals surface area contributed by atoms with Gasteiger partial charge in [0, 0.05) is 17.2 Å². The van der Waals surface area contributed by atoms with Crippen LogP contribution < -0.4 is 15.9 Å². The van der Waals surface area contributed by atoms with Crippen molar-refractivity contribution in [3.8, 4) is 16.9 Å². The smallest absolute Gasteiger partial charge is 0.362 e. The predicted molar refractivity (Wildman–Crippen MR) is 165 cm³/mol. The van der Waals surface area contributed by atoms with Gasteiger partial charge in [-0.05, 0) is 42.5 Å². The van der Waals surface area contributed by atoms with Crippen molar-refractivity contribution in [3.63, 3.8) is 0 Å². The highest BCUT2D eigenvalue weighted by Gasteiger charge is 2.30. The standard InChI is InChI=1S/C30H28N6O8S/c1-17(2)27(37)25(30(41)44-3)34-33-20-10-7-11-21(16-20)36-26(18-8-5-4-6-9-18)23(29(39)40)24(35-36)28(38)32-19-12-14-22(15-13-19)45(31,42)43/h4-17,33H,1-3H3,(H,32,38)(H,39,40)(H2,31,42,43)/b34-25+. The summed E-state index contributed by atoms with van der Waals surface area (Å²) in [4.78, 5) is 50.5. The highest BCUT2D eigenvalue weighted by molar-refractivity contribution is 7.89. The number of ketones is 1. The van der Waals surface area contributed by atoms with Crippen LogP contribution in [-0.4, -0.2) is 59.8 Å². The van der Waals surface area contributed by atoms with Crippen molar-refractivity contribution < 1.29 is 37.4 Å². The lowest BCUT2D eigenvalue weighted by atomic mass is 10.0. The van der Waals surface area contributed by atoms with Gasteiger partial charge in [0.05, 0.1) is 29.1 Å². The fourth-order valence-electron chi connectivity index (χ4n) is 4.15. The van der Waals surface area contributed by atoms with Crippen LogP contribution in [0.4, 0.5) is 11.4 Å². The van der Waals surface area contributed by atoms with Crippen LogP contribution in [0.15, 0.2) is 88.9 Å². The molecule has 1 heterocycles. The third-order valence-corrected chi connectivity index (χ3v) is 7.26. The Bertz CT molecular complexity index is 1920. The lowest BCUT2D eigenvalue weighted by Gasteiger charge is -2.11. The van der Waals surface area contributed by atoms with E-state index in [0.717, 1.165) is 7.11 Å². The molecule has 0 saturated heterocycles. The van der Waals surface area contributed by atoms with Gasteiger partial charge in [0.2, 0.25) is 15.7 Å². The number of benzene rings is 3. The molecule has 3 aromatic carbocycles. The summed E-state index contributed by atoms with van der Waals surface area (Å²) in [7, 11) is -2.84. The molecule has 0 aliphatic rings. The second kappa shape index (κ2) is 13.3. The van der Waals surface area contributed by atoms with Gasteiger partial charge in [-0.2, -0.15) is 10.2 Å². The van der Waals surface area contributed by atoms with Crippen LogP contribution in [0.1, 0.15) is 34.7 Å². The Morgan fingerprint density at radius 1 is 0.956 bits per heavy atom. The number of carbonyl (C=O) groups excluding carboxylic acids is 3. The normalized spacial score (nSPS) is 11.6. The van der Waals surface area contributed by atoms with Gasteiger partial charge in [0.15, 0.2) is 11.5 Å². The molecule has 5 N–H and O–H groups in total. The summed E-state index contributed by atoms with van der Waals surface area (Å²) in [6, 6.07) is 19.7. The van der Waals surface area contributed by atoms with Gasteiger partial charge in [0.25, 0.3) is 5.91 Å². The van der Waals surface area contributed by atoms with Gasteiger partial charge < -0.3 is 15.2 Å². The second-order valence-corrected chi connectivity index (χ2v) is 11.4. The van der Waals surface area contributed by atoms with Crippen LogP contribution in [0.5, 0.6) is 0 Å². The lowest BCUT2D eigenvalue weighted by Crippen LogP contribution is -2.30. The van der Waals surface area contributed by atoms with Crippen LogP contribution in [0, 0.1) is 5.92 Å². The largest absolute Gasteiger partial charge is 0.478 e. The van der Waals surface area contributed by atoms with Crippen molar-refractivity contribution in [1.82, 2.24) is 9.78 Å². The quantitative estimate of drug-likeness (QED) is 0.0819. The number of Topliss-reactive ketones (excluding diaryl/α,β-unsaturated/α-hetero) is 1. The molecule has 0 atom stereocenters. The number of aromatic carboxylic acids is 1. The molecule has 1 aromatic heterocycles. The number of carboxylic acid groups (broad SMARTS) is 1. The minimum absolute atomic E-state index is 0.0868. The van der Waals surface area contributed by atoms with E-state index in [1.54, 1.807) is 62.4 Å². The van der Waals surface area contributed by atoms with Gasteiger partial charge in [-0.25, -0.2) is 27.8 Å². The lowest BCUT2D eigenvalue weighted by molar-refractivity contribution is -0.133. The molecule has 0 aliphatic heterocycles. The third kappa shape index (κ3) is 7.29. The number of methoxy groups -OCH3 is 1. The fourth-order valence-corrected chi connectivity index (χ4v) is 4.66. The van der Waals surface area contributed by atoms with Crippen molar-refractivity contribution in [2.24, 2.45) is 16.2 Å². The van der Waals surface area contributed by atoms with Crippen molar-refractivity contribution >= 4 is 50.7 Å². The van der Waals surface area contributed by atoms with Crippen molar-refractivity contribution in [2.75, 3.05) is 17.9 Å². The number of ether oxygens (including phenoxy) is 1. The fraction of sp³-hybridized carbons (Fsp3) is 0.133. The number of anilines is 2. The molecule has 14 nitrogen and oxygen atoms in total. The maximum absolute atomic E-state index is 13.4. The van der Waals surface area contributed by atoms with Gasteiger partial charge >= 0.3 is 11.9 Å². The summed E-state index contributed by atoms with van der Waals surface area (Å²) in [5.41, 5.74) is 2.70. The number of nitrogens with two attached hydrogens (primary N) is 1. The molecular formula is C30H28N6O8S. The van der Waals surface area contributed by atoms with E-state index in [1.807, 2.05) is 0 Å². The molecule has 232 valence electrons. The van der Waals surface area contributed by atoms with E-state index in [2.05, 4.69) is 25.7 Å². The molecule has 4 aromatic rings.